The Hall–Kier alpha value is -1.68. The Bertz CT molecular complexity index is 1150. The van der Waals surface area contributed by atoms with Crippen LogP contribution in [0.1, 0.15) is 31.9 Å². The van der Waals surface area contributed by atoms with Crippen molar-refractivity contribution in [3.05, 3.63) is 21.5 Å². The van der Waals surface area contributed by atoms with E-state index in [2.05, 4.69) is 30.7 Å². The van der Waals surface area contributed by atoms with Gasteiger partial charge >= 0.3 is 0 Å². The summed E-state index contributed by atoms with van der Waals surface area (Å²) in [6, 6.07) is 0. The molecular weight excluding hydrogens is 408 g/mol. The highest BCUT2D eigenvalue weighted by molar-refractivity contribution is 7.99. The number of nitrogens with one attached hydrogen (secondary N) is 1. The van der Waals surface area contributed by atoms with Crippen LogP contribution in [-0.4, -0.2) is 52.6 Å². The van der Waals surface area contributed by atoms with Crippen molar-refractivity contribution in [2.45, 2.75) is 44.6 Å². The second-order valence-electron chi connectivity index (χ2n) is 7.98. The van der Waals surface area contributed by atoms with Crippen LogP contribution in [0.2, 0.25) is 0 Å². The van der Waals surface area contributed by atoms with E-state index in [4.69, 9.17) is 19.4 Å². The molecule has 1 N–H and O–H groups in total. The van der Waals surface area contributed by atoms with Crippen LogP contribution in [0, 0.1) is 0 Å². The van der Waals surface area contributed by atoms with E-state index in [0.29, 0.717) is 29.7 Å². The molecule has 0 aromatic carbocycles. The van der Waals surface area contributed by atoms with Gasteiger partial charge in [0.25, 0.3) is 5.56 Å². The minimum absolute atomic E-state index is 0.0815. The number of H-pyrrole nitrogens is 1. The molecule has 1 fully saturated rings. The van der Waals surface area contributed by atoms with Gasteiger partial charge in [-0.1, -0.05) is 18.7 Å². The number of pyridine rings is 1. The molecular formula is C20H24N4O3S2. The van der Waals surface area contributed by atoms with Gasteiger partial charge in [-0.2, -0.15) is 0 Å². The number of hydrogen-bond donors (Lipinski definition) is 1. The van der Waals surface area contributed by atoms with Gasteiger partial charge in [-0.15, -0.1) is 11.3 Å². The summed E-state index contributed by atoms with van der Waals surface area (Å²) in [5.74, 6) is 1.83. The fraction of sp³-hybridized carbons (Fsp3) is 0.550. The molecule has 1 saturated heterocycles. The third kappa shape index (κ3) is 3.34. The van der Waals surface area contributed by atoms with Gasteiger partial charge in [-0.05, 0) is 25.2 Å². The molecule has 5 rings (SSSR count). The lowest BCUT2D eigenvalue weighted by atomic mass is 9.90. The predicted octanol–water partition coefficient (Wildman–Crippen LogP) is 3.33. The lowest BCUT2D eigenvalue weighted by Gasteiger charge is -2.36. The van der Waals surface area contributed by atoms with Gasteiger partial charge in [0, 0.05) is 30.5 Å². The first-order valence-corrected chi connectivity index (χ1v) is 11.7. The molecule has 0 amide bonds. The minimum Gasteiger partial charge on any atom is -0.378 e. The summed E-state index contributed by atoms with van der Waals surface area (Å²) < 4.78 is 12.3. The summed E-state index contributed by atoms with van der Waals surface area (Å²) >= 11 is 2.99. The molecule has 3 aromatic rings. The molecule has 3 aromatic heterocycles. The largest absolute Gasteiger partial charge is 0.378 e. The van der Waals surface area contributed by atoms with Crippen molar-refractivity contribution in [1.29, 1.82) is 0 Å². The monoisotopic (exact) mass is 432 g/mol. The van der Waals surface area contributed by atoms with E-state index in [1.54, 1.807) is 11.8 Å². The number of ether oxygens (including phenoxy) is 2. The average Bonchev–Trinajstić information content (AvgIpc) is 3.07. The quantitative estimate of drug-likeness (QED) is 0.502. The number of nitrogens with zero attached hydrogens (tertiary/aromatic N) is 3. The van der Waals surface area contributed by atoms with Crippen LogP contribution in [0.15, 0.2) is 9.95 Å². The van der Waals surface area contributed by atoms with Crippen LogP contribution in [0.4, 0.5) is 5.82 Å². The SMILES string of the molecule is CCSc1nc2c(sc3nc(N4CCOCC4)c4c(c32)CC(C)(C)OC4)c(=O)[nH]1. The lowest BCUT2D eigenvalue weighted by Crippen LogP contribution is -2.39. The van der Waals surface area contributed by atoms with Crippen molar-refractivity contribution in [1.82, 2.24) is 15.0 Å². The van der Waals surface area contributed by atoms with Crippen molar-refractivity contribution in [3.63, 3.8) is 0 Å². The predicted molar refractivity (Wildman–Crippen MR) is 118 cm³/mol. The van der Waals surface area contributed by atoms with E-state index >= 15 is 0 Å². The molecule has 0 aliphatic carbocycles. The number of hydrogen-bond acceptors (Lipinski definition) is 8. The Morgan fingerprint density at radius 2 is 2.03 bits per heavy atom. The minimum atomic E-state index is -0.264. The molecule has 0 radical (unpaired) electrons. The number of thiophene rings is 1. The summed E-state index contributed by atoms with van der Waals surface area (Å²) in [6.07, 6.45) is 0.773. The number of anilines is 1. The summed E-state index contributed by atoms with van der Waals surface area (Å²) in [4.78, 5) is 28.7. The third-order valence-corrected chi connectivity index (χ3v) is 7.28. The van der Waals surface area contributed by atoms with Crippen molar-refractivity contribution in [2.75, 3.05) is 37.0 Å². The molecule has 0 unspecified atom stereocenters. The number of thioether (sulfide) groups is 1. The van der Waals surface area contributed by atoms with Gasteiger partial charge < -0.3 is 19.4 Å². The van der Waals surface area contributed by atoms with Gasteiger partial charge in [0.1, 0.15) is 15.3 Å². The zero-order chi connectivity index (χ0) is 20.2. The highest BCUT2D eigenvalue weighted by Gasteiger charge is 2.33. The van der Waals surface area contributed by atoms with Gasteiger partial charge in [0.2, 0.25) is 0 Å². The van der Waals surface area contributed by atoms with E-state index in [-0.39, 0.29) is 11.2 Å². The fourth-order valence-corrected chi connectivity index (χ4v) is 5.72. The number of aromatic amines is 1. The maximum atomic E-state index is 12.7. The molecule has 9 heteroatoms. The van der Waals surface area contributed by atoms with E-state index in [1.165, 1.54) is 16.9 Å². The molecule has 0 saturated carbocycles. The van der Waals surface area contributed by atoms with Crippen molar-refractivity contribution in [2.24, 2.45) is 0 Å². The zero-order valence-electron chi connectivity index (χ0n) is 16.8. The molecule has 5 heterocycles. The highest BCUT2D eigenvalue weighted by atomic mass is 32.2. The summed E-state index contributed by atoms with van der Waals surface area (Å²) in [7, 11) is 0. The van der Waals surface area contributed by atoms with Gasteiger partial charge in [-0.25, -0.2) is 9.97 Å². The number of rotatable bonds is 3. The average molecular weight is 433 g/mol. The van der Waals surface area contributed by atoms with E-state index in [0.717, 1.165) is 52.4 Å². The maximum Gasteiger partial charge on any atom is 0.269 e. The molecule has 2 aliphatic heterocycles. The van der Waals surface area contributed by atoms with Gasteiger partial charge in [-0.3, -0.25) is 4.79 Å². The molecule has 29 heavy (non-hydrogen) atoms. The Labute approximate surface area is 176 Å². The Morgan fingerprint density at radius 1 is 1.24 bits per heavy atom. The number of fused-ring (bicyclic) bond motifs is 5. The van der Waals surface area contributed by atoms with Crippen LogP contribution >= 0.6 is 23.1 Å². The van der Waals surface area contributed by atoms with E-state index in [9.17, 15) is 4.79 Å². The number of morpholine rings is 1. The fourth-order valence-electron chi connectivity index (χ4n) is 4.09. The smallest absolute Gasteiger partial charge is 0.269 e. The van der Waals surface area contributed by atoms with Crippen LogP contribution in [-0.2, 0) is 22.5 Å². The Kier molecular flexibility index (Phi) is 4.81. The first-order chi connectivity index (χ1) is 14.0. The normalized spacial score (nSPS) is 19.1. The topological polar surface area (TPSA) is 80.3 Å². The molecule has 154 valence electrons. The van der Waals surface area contributed by atoms with Gasteiger partial charge in [0.05, 0.1) is 30.9 Å². The first-order valence-electron chi connectivity index (χ1n) is 9.94. The number of aromatic nitrogens is 3. The highest BCUT2D eigenvalue weighted by Crippen LogP contribution is 2.42. The summed E-state index contributed by atoms with van der Waals surface area (Å²) in [5.41, 5.74) is 2.79. The Morgan fingerprint density at radius 3 is 2.79 bits per heavy atom. The molecule has 2 aliphatic rings. The second-order valence-corrected chi connectivity index (χ2v) is 10.2. The van der Waals surface area contributed by atoms with Crippen molar-refractivity contribution >= 4 is 49.3 Å². The van der Waals surface area contributed by atoms with Crippen LogP contribution in [0.5, 0.6) is 0 Å². The molecule has 0 atom stereocenters. The van der Waals surface area contributed by atoms with Gasteiger partial charge in [0.15, 0.2) is 5.16 Å². The van der Waals surface area contributed by atoms with E-state index in [1.807, 2.05) is 0 Å². The molecule has 7 nitrogen and oxygen atoms in total. The van der Waals surface area contributed by atoms with Crippen LogP contribution < -0.4 is 10.5 Å². The first kappa shape index (κ1) is 19.3. The molecule has 0 bridgehead atoms. The summed E-state index contributed by atoms with van der Waals surface area (Å²) in [6.45, 7) is 9.84. The van der Waals surface area contributed by atoms with Crippen molar-refractivity contribution in [3.8, 4) is 0 Å². The van der Waals surface area contributed by atoms with Crippen LogP contribution in [0.3, 0.4) is 0 Å². The second kappa shape index (κ2) is 7.23. The van der Waals surface area contributed by atoms with Crippen molar-refractivity contribution < 1.29 is 9.47 Å². The van der Waals surface area contributed by atoms with E-state index < -0.39 is 0 Å². The Balaban J connectivity index is 1.81. The maximum absolute atomic E-state index is 12.7. The standard InChI is InChI=1S/C20H24N4O3S2/c1-4-28-19-21-14-13-11-9-20(2,3)27-10-12(11)16(24-5-7-26-8-6-24)22-18(13)29-15(14)17(25)23-19/h4-10H2,1-3H3,(H,21,23,25). The zero-order valence-corrected chi connectivity index (χ0v) is 18.5. The summed E-state index contributed by atoms with van der Waals surface area (Å²) in [5, 5.41) is 1.69. The lowest BCUT2D eigenvalue weighted by molar-refractivity contribution is -0.0396. The molecule has 0 spiro atoms. The third-order valence-electron chi connectivity index (χ3n) is 5.45. The van der Waals surface area contributed by atoms with Crippen LogP contribution in [0.25, 0.3) is 20.4 Å².